The number of hydrogen-bond acceptors (Lipinski definition) is 18. The van der Waals surface area contributed by atoms with Crippen LogP contribution in [0.5, 0.6) is 0 Å². The number of H-pyrrole nitrogens is 1. The van der Waals surface area contributed by atoms with Crippen molar-refractivity contribution in [3.63, 3.8) is 0 Å². The fraction of sp³-hybridized carbons (Fsp3) is 0.545. The second-order valence-electron chi connectivity index (χ2n) is 11.0. The van der Waals surface area contributed by atoms with Crippen LogP contribution in [0.25, 0.3) is 22.3 Å². The average Bonchev–Trinajstić information content (AvgIpc) is 3.78. The summed E-state index contributed by atoms with van der Waals surface area (Å²) in [5.74, 6) is -0.412. The van der Waals surface area contributed by atoms with Crippen molar-refractivity contribution in [1.82, 2.24) is 39.0 Å². The van der Waals surface area contributed by atoms with Gasteiger partial charge in [-0.15, -0.1) is 0 Å². The molecule has 3 aliphatic rings. The minimum Gasteiger partial charge on any atom is -0.386 e. The zero-order chi connectivity index (χ0) is 35.7. The van der Waals surface area contributed by atoms with E-state index in [0.29, 0.717) is 0 Å². The highest BCUT2D eigenvalue weighted by Crippen LogP contribution is 2.54. The van der Waals surface area contributed by atoms with Crippen LogP contribution in [0, 0.1) is 0 Å². The number of aliphatic hydroxyl groups is 1. The van der Waals surface area contributed by atoms with Gasteiger partial charge in [-0.3, -0.25) is 37.0 Å². The number of hydrogen-bond donors (Lipinski definition) is 6. The number of nitrogens with zero attached hydrogens (tertiary/aromatic N) is 7. The fourth-order valence-electron chi connectivity index (χ4n) is 5.67. The molecule has 0 aromatic carbocycles. The van der Waals surface area contributed by atoms with Crippen LogP contribution in [0.2, 0.25) is 0 Å². The minimum atomic E-state index is -5.38. The number of halogens is 3. The van der Waals surface area contributed by atoms with Crippen LogP contribution >= 0.6 is 15.6 Å². The molecule has 4 aromatic heterocycles. The molecule has 0 radical (unpaired) electrons. The van der Waals surface area contributed by atoms with Crippen molar-refractivity contribution >= 4 is 49.7 Å². The molecule has 3 fully saturated rings. The molecule has 3 saturated heterocycles. The van der Waals surface area contributed by atoms with E-state index < -0.39 is 102 Å². The van der Waals surface area contributed by atoms with Gasteiger partial charge in [0, 0.05) is 0 Å². The molecular weight excluding hydrogens is 731 g/mol. The molecule has 0 amide bonds. The maximum Gasteiger partial charge on any atom is 0.472 e. The molecule has 10 atom stereocenters. The van der Waals surface area contributed by atoms with E-state index in [1.807, 2.05) is 0 Å². The molecule has 23 nitrogen and oxygen atoms in total. The smallest absolute Gasteiger partial charge is 0.386 e. The Balaban J connectivity index is 1.24. The Kier molecular flexibility index (Phi) is 8.72. The average molecular weight is 756 g/mol. The van der Waals surface area contributed by atoms with E-state index in [2.05, 4.69) is 29.9 Å². The normalized spacial score (nSPS) is 35.5. The van der Waals surface area contributed by atoms with Gasteiger partial charge in [0.15, 0.2) is 35.1 Å². The third kappa shape index (κ3) is 6.60. The van der Waals surface area contributed by atoms with Gasteiger partial charge in [-0.2, -0.15) is 18.2 Å². The molecule has 8 N–H and O–H groups in total. The van der Waals surface area contributed by atoms with Gasteiger partial charge in [-0.25, -0.2) is 29.1 Å². The van der Waals surface area contributed by atoms with E-state index in [0.717, 1.165) is 17.2 Å². The lowest BCUT2D eigenvalue weighted by Gasteiger charge is -2.27. The van der Waals surface area contributed by atoms with Crippen molar-refractivity contribution in [3.05, 3.63) is 29.3 Å². The van der Waals surface area contributed by atoms with E-state index in [1.54, 1.807) is 0 Å². The molecule has 4 aromatic rings. The highest BCUT2D eigenvalue weighted by molar-refractivity contribution is 7.47. The summed E-state index contributed by atoms with van der Waals surface area (Å²) in [7, 11) is -10.7. The summed E-state index contributed by atoms with van der Waals surface area (Å²) < 4.78 is 106. The Morgan fingerprint density at radius 1 is 0.920 bits per heavy atom. The summed E-state index contributed by atoms with van der Waals surface area (Å²) in [4.78, 5) is 55.9. The molecule has 2 bridgehead atoms. The van der Waals surface area contributed by atoms with Crippen LogP contribution in [-0.4, -0.2) is 117 Å². The van der Waals surface area contributed by atoms with Gasteiger partial charge >= 0.3 is 21.8 Å². The van der Waals surface area contributed by atoms with E-state index in [9.17, 15) is 42.0 Å². The minimum absolute atomic E-state index is 0.0163. The lowest BCUT2D eigenvalue weighted by Crippen LogP contribution is -2.40. The molecule has 10 unspecified atom stereocenters. The fourth-order valence-corrected chi connectivity index (χ4v) is 7.57. The van der Waals surface area contributed by atoms with Crippen molar-refractivity contribution < 1.29 is 69.5 Å². The number of alkyl halides is 3. The molecule has 3 aliphatic heterocycles. The summed E-state index contributed by atoms with van der Waals surface area (Å²) >= 11 is 0. The molecule has 0 saturated carbocycles. The van der Waals surface area contributed by atoms with Gasteiger partial charge in [-0.05, 0) is 0 Å². The van der Waals surface area contributed by atoms with E-state index in [-0.39, 0.29) is 28.1 Å². The first-order chi connectivity index (χ1) is 23.5. The van der Waals surface area contributed by atoms with Crippen LogP contribution in [0.1, 0.15) is 12.5 Å². The number of phosphoric acid groups is 2. The van der Waals surface area contributed by atoms with Gasteiger partial charge in [0.25, 0.3) is 5.56 Å². The number of nitrogens with one attached hydrogen (secondary N) is 1. The van der Waals surface area contributed by atoms with Gasteiger partial charge < -0.3 is 40.6 Å². The van der Waals surface area contributed by atoms with Gasteiger partial charge in [0.05, 0.1) is 25.9 Å². The Labute approximate surface area is 274 Å². The summed E-state index contributed by atoms with van der Waals surface area (Å²) in [6.45, 7) is -3.96. The summed E-state index contributed by atoms with van der Waals surface area (Å²) in [6, 6.07) is 0. The Hall–Kier alpha value is -3.65. The number of imidazole rings is 2. The lowest BCUT2D eigenvalue weighted by molar-refractivity contribution is -0.196. The van der Waals surface area contributed by atoms with Crippen molar-refractivity contribution in [2.24, 2.45) is 0 Å². The number of phosphoric ester groups is 2. The van der Waals surface area contributed by atoms with Crippen LogP contribution < -0.4 is 17.0 Å². The van der Waals surface area contributed by atoms with Crippen molar-refractivity contribution in [3.8, 4) is 0 Å². The molecule has 50 heavy (non-hydrogen) atoms. The summed E-state index contributed by atoms with van der Waals surface area (Å²) in [6.07, 6.45) is -15.8. The first-order valence-electron chi connectivity index (χ1n) is 14.1. The molecule has 0 spiro atoms. The predicted molar refractivity (Wildman–Crippen MR) is 153 cm³/mol. The Morgan fingerprint density at radius 3 is 2.24 bits per heavy atom. The van der Waals surface area contributed by atoms with Gasteiger partial charge in [-0.1, -0.05) is 0 Å². The third-order valence-corrected chi connectivity index (χ3v) is 9.70. The zero-order valence-electron chi connectivity index (χ0n) is 24.7. The summed E-state index contributed by atoms with van der Waals surface area (Å²) in [5, 5.41) is 11.2. The van der Waals surface area contributed by atoms with Crippen molar-refractivity contribution in [1.29, 1.82) is 0 Å². The Morgan fingerprint density at radius 2 is 1.54 bits per heavy atom. The predicted octanol–water partition coefficient (Wildman–Crippen LogP) is -0.755. The number of aromatic amines is 1. The monoisotopic (exact) mass is 756 g/mol. The molecular formula is C22H25F3N10O13P2. The molecule has 272 valence electrons. The molecule has 0 aliphatic carbocycles. The highest BCUT2D eigenvalue weighted by Gasteiger charge is 2.55. The second-order valence-corrected chi connectivity index (χ2v) is 13.9. The number of nitrogen functional groups attached to an aromatic ring is 2. The number of nitrogens with two attached hydrogens (primary N) is 2. The van der Waals surface area contributed by atoms with Gasteiger partial charge in [0.1, 0.15) is 55.1 Å². The quantitative estimate of drug-likeness (QED) is 0.139. The number of ether oxygens (including phenoxy) is 3. The van der Waals surface area contributed by atoms with Crippen LogP contribution in [0.4, 0.5) is 24.9 Å². The standard InChI is InChI=1S/C22H25F3N10O13P2/c23-22(24,25)3-42-13-8-2-44-49(38,39)47-12-7(45-19(11(12)36)34-5-30-9-15(26)28-4-29-16(9)34)1-43-50(40,41)48-14(13)20(46-8)35-6-31-10-17(35)32-21(27)33-18(10)37/h4-8,11-14,19-20,36H,1-3H2,(H,38,39)(H,40,41)(H2,26,28,29)(H3,27,32,33,37). The third-order valence-electron chi connectivity index (χ3n) is 7.73. The molecule has 28 heteroatoms. The SMILES string of the molecule is Nc1nc2c(ncn2C2OC3COP(=O)(O)OC4C(COP(=O)(O)OC2C3OCC(F)(F)F)OC(n2cnc3c(N)ncnc32)C4O)c(=O)[nH]1. The maximum absolute atomic E-state index is 13.4. The van der Waals surface area contributed by atoms with E-state index >= 15 is 0 Å². The molecule has 7 rings (SSSR count). The summed E-state index contributed by atoms with van der Waals surface area (Å²) in [5.41, 5.74) is 10.3. The highest BCUT2D eigenvalue weighted by atomic mass is 31.2. The second kappa shape index (κ2) is 12.5. The largest absolute Gasteiger partial charge is 0.472 e. The number of anilines is 2. The number of aromatic nitrogens is 8. The van der Waals surface area contributed by atoms with Crippen LogP contribution in [0.15, 0.2) is 23.8 Å². The topological polar surface area (TPSA) is 319 Å². The van der Waals surface area contributed by atoms with Crippen LogP contribution in [0.3, 0.4) is 0 Å². The first-order valence-corrected chi connectivity index (χ1v) is 17.1. The van der Waals surface area contributed by atoms with Gasteiger partial charge in [0.2, 0.25) is 5.95 Å². The van der Waals surface area contributed by atoms with Crippen molar-refractivity contribution in [2.75, 3.05) is 31.3 Å². The zero-order valence-corrected chi connectivity index (χ0v) is 26.5. The number of rotatable bonds is 4. The van der Waals surface area contributed by atoms with E-state index in [4.69, 9.17) is 43.8 Å². The lowest BCUT2D eigenvalue weighted by atomic mass is 10.1. The van der Waals surface area contributed by atoms with E-state index in [1.165, 1.54) is 10.9 Å². The van der Waals surface area contributed by atoms with Crippen LogP contribution in [-0.2, 0) is 41.4 Å². The number of fused-ring (bicyclic) bond motifs is 5. The maximum atomic E-state index is 13.4. The Bertz CT molecular complexity index is 2080. The number of aliphatic hydroxyl groups excluding tert-OH is 1. The molecule has 7 heterocycles. The van der Waals surface area contributed by atoms with Crippen molar-refractivity contribution in [2.45, 2.75) is 55.3 Å². The first kappa shape index (κ1) is 34.8.